The molecule has 0 aliphatic rings. The van der Waals surface area contributed by atoms with Gasteiger partial charge in [0.25, 0.3) is 0 Å². The Morgan fingerprint density at radius 3 is 1.86 bits per heavy atom. The van der Waals surface area contributed by atoms with Crippen molar-refractivity contribution < 1.29 is 4.57 Å². The second-order valence-electron chi connectivity index (χ2n) is 9.90. The zero-order valence-electron chi connectivity index (χ0n) is 21.7. The molecule has 0 atom stereocenters. The molecule has 4 aromatic rings. The van der Waals surface area contributed by atoms with E-state index in [2.05, 4.69) is 99.4 Å². The van der Waals surface area contributed by atoms with Crippen LogP contribution in [-0.2, 0) is 13.1 Å². The number of para-hydroxylation sites is 3. The van der Waals surface area contributed by atoms with Crippen molar-refractivity contribution in [2.45, 2.75) is 77.3 Å². The van der Waals surface area contributed by atoms with Crippen LogP contribution in [-0.4, -0.2) is 11.1 Å². The van der Waals surface area contributed by atoms with Gasteiger partial charge in [-0.1, -0.05) is 112 Å². The van der Waals surface area contributed by atoms with E-state index in [-0.39, 0.29) is 0 Å². The molecule has 0 aliphatic heterocycles. The maximum absolute atomic E-state index is 6.65. The number of hydrogen-bond donors (Lipinski definition) is 2. The Bertz CT molecular complexity index is 1150. The number of aryl methyl sites for hydroxylation is 1. The van der Waals surface area contributed by atoms with Gasteiger partial charge in [0, 0.05) is 12.2 Å². The van der Waals surface area contributed by atoms with Gasteiger partial charge in [-0.15, -0.1) is 0 Å². The maximum atomic E-state index is 6.65. The predicted molar refractivity (Wildman–Crippen MR) is 153 cm³/mol. The summed E-state index contributed by atoms with van der Waals surface area (Å²) in [6.07, 6.45) is 13.2. The summed E-state index contributed by atoms with van der Waals surface area (Å²) in [4.78, 5) is 0. The van der Waals surface area contributed by atoms with E-state index in [1.807, 2.05) is 0 Å². The molecule has 1 heterocycles. The van der Waals surface area contributed by atoms with Gasteiger partial charge in [-0.05, 0) is 42.7 Å². The van der Waals surface area contributed by atoms with Gasteiger partial charge in [0.05, 0.1) is 13.1 Å². The molecule has 0 unspecified atom stereocenters. The lowest BCUT2D eigenvalue weighted by molar-refractivity contribution is -0.648. The number of hydrogen-bond acceptors (Lipinski definition) is 2. The Balaban J connectivity index is 1.09. The number of anilines is 2. The summed E-state index contributed by atoms with van der Waals surface area (Å²) in [6.45, 7) is 2.88. The average molecular weight is 484 g/mol. The number of fused-ring (bicyclic) bond motifs is 1. The smallest absolute Gasteiger partial charge is 0.356 e. The van der Waals surface area contributed by atoms with Crippen molar-refractivity contribution in [2.24, 2.45) is 0 Å². The number of nitrogens with two attached hydrogens (primary N) is 1. The second kappa shape index (κ2) is 14.3. The second-order valence-corrected chi connectivity index (χ2v) is 9.90. The van der Waals surface area contributed by atoms with Gasteiger partial charge >= 0.3 is 5.95 Å². The lowest BCUT2D eigenvalue weighted by Gasteiger charge is -2.06. The SMILES string of the molecule is Nc1n(CCCCCCCCCCCCNc2ccccc2)c2ccccc2[n+]1Cc1ccccc1. The molecular formula is C32H43N4+. The van der Waals surface area contributed by atoms with E-state index in [9.17, 15) is 0 Å². The normalized spacial score (nSPS) is 11.2. The molecule has 0 amide bonds. The van der Waals surface area contributed by atoms with E-state index in [4.69, 9.17) is 5.73 Å². The highest BCUT2D eigenvalue weighted by atomic mass is 15.2. The van der Waals surface area contributed by atoms with E-state index < -0.39 is 0 Å². The topological polar surface area (TPSA) is 46.9 Å². The van der Waals surface area contributed by atoms with E-state index in [1.165, 1.54) is 86.5 Å². The Hall–Kier alpha value is -3.27. The highest BCUT2D eigenvalue weighted by molar-refractivity contribution is 5.73. The zero-order valence-corrected chi connectivity index (χ0v) is 21.7. The van der Waals surface area contributed by atoms with Crippen LogP contribution in [0.15, 0.2) is 84.9 Å². The summed E-state index contributed by atoms with van der Waals surface area (Å²) in [5.41, 5.74) is 11.6. The molecule has 3 aromatic carbocycles. The number of rotatable bonds is 16. The summed E-state index contributed by atoms with van der Waals surface area (Å²) in [6, 6.07) is 29.7. The fourth-order valence-corrected chi connectivity index (χ4v) is 5.08. The van der Waals surface area contributed by atoms with Crippen LogP contribution in [0.25, 0.3) is 11.0 Å². The number of nitrogens with zero attached hydrogens (tertiary/aromatic N) is 2. The first-order valence-corrected chi connectivity index (χ1v) is 13.9. The third-order valence-corrected chi connectivity index (χ3v) is 7.11. The molecule has 4 nitrogen and oxygen atoms in total. The third-order valence-electron chi connectivity index (χ3n) is 7.11. The number of aromatic nitrogens is 2. The van der Waals surface area contributed by atoms with Gasteiger partial charge < -0.3 is 5.32 Å². The Kier molecular flexibility index (Phi) is 10.3. The van der Waals surface area contributed by atoms with E-state index in [1.54, 1.807) is 0 Å². The standard InChI is InChI=1S/C32H42N4/c33-32-35(30-23-15-16-24-31(30)36(32)27-28-19-11-9-12-20-28)26-18-8-6-4-2-1-3-5-7-17-25-34-29-21-13-10-14-22-29/h9-16,19-24,33-34H,1-8,17-18,25-27H2/p+1. The number of benzene rings is 3. The quantitative estimate of drug-likeness (QED) is 0.127. The Labute approximate surface area is 217 Å². The molecular weight excluding hydrogens is 440 g/mol. The molecule has 4 heteroatoms. The van der Waals surface area contributed by atoms with Gasteiger partial charge in [-0.2, -0.15) is 0 Å². The van der Waals surface area contributed by atoms with Crippen molar-refractivity contribution in [3.63, 3.8) is 0 Å². The van der Waals surface area contributed by atoms with Crippen molar-refractivity contribution >= 4 is 22.7 Å². The Morgan fingerprint density at radius 2 is 1.17 bits per heavy atom. The lowest BCUT2D eigenvalue weighted by Crippen LogP contribution is -2.37. The highest BCUT2D eigenvalue weighted by Crippen LogP contribution is 2.19. The zero-order chi connectivity index (χ0) is 24.8. The van der Waals surface area contributed by atoms with E-state index in [0.717, 1.165) is 25.6 Å². The van der Waals surface area contributed by atoms with E-state index in [0.29, 0.717) is 0 Å². The molecule has 0 spiro atoms. The van der Waals surface area contributed by atoms with Gasteiger partial charge in [-0.3, -0.25) is 5.73 Å². The predicted octanol–water partition coefficient (Wildman–Crippen LogP) is 7.57. The van der Waals surface area contributed by atoms with Gasteiger partial charge in [0.15, 0.2) is 0 Å². The fraction of sp³-hybridized carbons (Fsp3) is 0.406. The highest BCUT2D eigenvalue weighted by Gasteiger charge is 2.20. The summed E-state index contributed by atoms with van der Waals surface area (Å²) in [5, 5.41) is 3.50. The van der Waals surface area contributed by atoms with Crippen molar-refractivity contribution in [2.75, 3.05) is 17.6 Å². The van der Waals surface area contributed by atoms with Crippen LogP contribution in [0.5, 0.6) is 0 Å². The van der Waals surface area contributed by atoms with Crippen molar-refractivity contribution in [1.29, 1.82) is 0 Å². The third kappa shape index (κ3) is 7.61. The molecule has 0 fully saturated rings. The molecule has 0 aliphatic carbocycles. The number of unbranched alkanes of at least 4 members (excludes halogenated alkanes) is 9. The van der Waals surface area contributed by atoms with Crippen LogP contribution in [0, 0.1) is 0 Å². The van der Waals surface area contributed by atoms with Crippen LogP contribution in [0.2, 0.25) is 0 Å². The minimum absolute atomic E-state index is 0.809. The molecule has 0 saturated carbocycles. The average Bonchev–Trinajstić information content (AvgIpc) is 3.18. The van der Waals surface area contributed by atoms with Crippen LogP contribution in [0.3, 0.4) is 0 Å². The van der Waals surface area contributed by atoms with Crippen LogP contribution < -0.4 is 15.6 Å². The van der Waals surface area contributed by atoms with Gasteiger partial charge in [0.1, 0.15) is 11.0 Å². The molecule has 3 N–H and O–H groups in total. The lowest BCUT2D eigenvalue weighted by atomic mass is 10.1. The van der Waals surface area contributed by atoms with Crippen LogP contribution in [0.1, 0.15) is 69.8 Å². The van der Waals surface area contributed by atoms with Crippen molar-refractivity contribution in [3.8, 4) is 0 Å². The monoisotopic (exact) mass is 483 g/mol. The molecule has 0 radical (unpaired) electrons. The minimum atomic E-state index is 0.809. The summed E-state index contributed by atoms with van der Waals surface area (Å²) in [7, 11) is 0. The summed E-state index contributed by atoms with van der Waals surface area (Å²) < 4.78 is 4.56. The molecule has 1 aromatic heterocycles. The molecule has 0 bridgehead atoms. The van der Waals surface area contributed by atoms with Gasteiger partial charge in [0.2, 0.25) is 0 Å². The first kappa shape index (κ1) is 25.8. The van der Waals surface area contributed by atoms with Crippen LogP contribution >= 0.6 is 0 Å². The molecule has 36 heavy (non-hydrogen) atoms. The largest absolute Gasteiger partial charge is 0.385 e. The van der Waals surface area contributed by atoms with Gasteiger partial charge in [-0.25, -0.2) is 9.13 Å². The van der Waals surface area contributed by atoms with Crippen molar-refractivity contribution in [1.82, 2.24) is 4.57 Å². The van der Waals surface area contributed by atoms with Crippen LogP contribution in [0.4, 0.5) is 11.6 Å². The number of nitrogens with one attached hydrogen (secondary N) is 1. The Morgan fingerprint density at radius 1 is 0.611 bits per heavy atom. The summed E-state index contributed by atoms with van der Waals surface area (Å²) in [5.74, 6) is 0.860. The molecule has 0 saturated heterocycles. The first-order chi connectivity index (χ1) is 17.8. The molecule has 190 valence electrons. The number of imidazole rings is 1. The first-order valence-electron chi connectivity index (χ1n) is 13.9. The fourth-order valence-electron chi connectivity index (χ4n) is 5.08. The molecule has 4 rings (SSSR count). The van der Waals surface area contributed by atoms with E-state index >= 15 is 0 Å². The number of nitrogen functional groups attached to an aromatic ring is 1. The van der Waals surface area contributed by atoms with Crippen molar-refractivity contribution in [3.05, 3.63) is 90.5 Å². The summed E-state index contributed by atoms with van der Waals surface area (Å²) >= 11 is 0. The minimum Gasteiger partial charge on any atom is -0.385 e. The maximum Gasteiger partial charge on any atom is 0.356 e.